The van der Waals surface area contributed by atoms with Gasteiger partial charge in [-0.1, -0.05) is 15.9 Å². The second-order valence-corrected chi connectivity index (χ2v) is 9.81. The predicted molar refractivity (Wildman–Crippen MR) is 128 cm³/mol. The SMILES string of the molecule is CN(c1ccc(OCC(=O)OCC(=O)Nc2ccc(Br)cc2)cc1)S(=O)(=O)c1ccc(F)cc1. The van der Waals surface area contributed by atoms with Crippen LogP contribution in [0.25, 0.3) is 0 Å². The van der Waals surface area contributed by atoms with Crippen molar-refractivity contribution in [1.82, 2.24) is 0 Å². The van der Waals surface area contributed by atoms with Gasteiger partial charge in [-0.25, -0.2) is 17.6 Å². The van der Waals surface area contributed by atoms with Crippen LogP contribution in [0, 0.1) is 5.82 Å². The maximum Gasteiger partial charge on any atom is 0.344 e. The molecule has 1 amide bonds. The van der Waals surface area contributed by atoms with Crippen LogP contribution in [0.5, 0.6) is 5.75 Å². The highest BCUT2D eigenvalue weighted by Gasteiger charge is 2.21. The van der Waals surface area contributed by atoms with Gasteiger partial charge in [-0.15, -0.1) is 0 Å². The van der Waals surface area contributed by atoms with E-state index in [9.17, 15) is 22.4 Å². The number of benzene rings is 3. The van der Waals surface area contributed by atoms with E-state index >= 15 is 0 Å². The van der Waals surface area contributed by atoms with E-state index in [4.69, 9.17) is 9.47 Å². The topological polar surface area (TPSA) is 102 Å². The van der Waals surface area contributed by atoms with E-state index in [1.54, 1.807) is 24.3 Å². The minimum absolute atomic E-state index is 0.0522. The molecule has 0 radical (unpaired) electrons. The third-order valence-electron chi connectivity index (χ3n) is 4.52. The molecule has 8 nitrogen and oxygen atoms in total. The van der Waals surface area contributed by atoms with E-state index in [0.29, 0.717) is 17.1 Å². The number of carbonyl (C=O) groups is 2. The molecule has 34 heavy (non-hydrogen) atoms. The van der Waals surface area contributed by atoms with Gasteiger partial charge in [-0.2, -0.15) is 0 Å². The van der Waals surface area contributed by atoms with Gasteiger partial charge in [-0.3, -0.25) is 9.10 Å². The number of rotatable bonds is 9. The molecule has 0 aliphatic heterocycles. The van der Waals surface area contributed by atoms with Crippen molar-refractivity contribution in [3.05, 3.63) is 83.1 Å². The first-order valence-corrected chi connectivity index (χ1v) is 12.1. The Bertz CT molecular complexity index is 1250. The smallest absolute Gasteiger partial charge is 0.344 e. The number of amides is 1. The number of hydrogen-bond acceptors (Lipinski definition) is 6. The molecule has 0 bridgehead atoms. The molecular weight excluding hydrogens is 531 g/mol. The summed E-state index contributed by atoms with van der Waals surface area (Å²) in [4.78, 5) is 23.7. The predicted octanol–water partition coefficient (Wildman–Crippen LogP) is 3.97. The lowest BCUT2D eigenvalue weighted by atomic mass is 10.3. The third kappa shape index (κ3) is 6.78. The molecule has 0 aromatic heterocycles. The lowest BCUT2D eigenvalue weighted by Gasteiger charge is -2.19. The first kappa shape index (κ1) is 25.2. The Morgan fingerprint density at radius 1 is 0.941 bits per heavy atom. The van der Waals surface area contributed by atoms with E-state index in [0.717, 1.165) is 20.9 Å². The van der Waals surface area contributed by atoms with E-state index in [-0.39, 0.29) is 4.90 Å². The number of ether oxygens (including phenoxy) is 2. The quantitative estimate of drug-likeness (QED) is 0.404. The highest BCUT2D eigenvalue weighted by atomic mass is 79.9. The maximum absolute atomic E-state index is 13.1. The Morgan fingerprint density at radius 2 is 1.56 bits per heavy atom. The average Bonchev–Trinajstić information content (AvgIpc) is 2.83. The van der Waals surface area contributed by atoms with Gasteiger partial charge in [0.25, 0.3) is 15.9 Å². The van der Waals surface area contributed by atoms with Crippen LogP contribution in [-0.2, 0) is 24.3 Å². The second kappa shape index (κ2) is 11.1. The molecular formula is C23H20BrFN2O6S. The minimum atomic E-state index is -3.88. The Balaban J connectivity index is 1.48. The minimum Gasteiger partial charge on any atom is -0.482 e. The Hall–Kier alpha value is -3.44. The van der Waals surface area contributed by atoms with Gasteiger partial charge < -0.3 is 14.8 Å². The molecule has 1 N–H and O–H groups in total. The summed E-state index contributed by atoms with van der Waals surface area (Å²) >= 11 is 3.29. The van der Waals surface area contributed by atoms with Crippen molar-refractivity contribution in [3.63, 3.8) is 0 Å². The van der Waals surface area contributed by atoms with Crippen molar-refractivity contribution in [1.29, 1.82) is 0 Å². The number of nitrogens with zero attached hydrogens (tertiary/aromatic N) is 1. The highest BCUT2D eigenvalue weighted by molar-refractivity contribution is 9.10. The van der Waals surface area contributed by atoms with Crippen LogP contribution in [0.3, 0.4) is 0 Å². The van der Waals surface area contributed by atoms with Crippen molar-refractivity contribution in [2.24, 2.45) is 0 Å². The van der Waals surface area contributed by atoms with Crippen LogP contribution < -0.4 is 14.4 Å². The molecule has 0 atom stereocenters. The number of nitrogens with one attached hydrogen (secondary N) is 1. The first-order chi connectivity index (χ1) is 16.1. The summed E-state index contributed by atoms with van der Waals surface area (Å²) in [5.74, 6) is -1.48. The van der Waals surface area contributed by atoms with Crippen molar-refractivity contribution >= 4 is 49.2 Å². The summed E-state index contributed by atoms with van der Waals surface area (Å²) in [6, 6.07) is 17.4. The monoisotopic (exact) mass is 550 g/mol. The molecule has 11 heteroatoms. The van der Waals surface area contributed by atoms with Crippen LogP contribution in [-0.4, -0.2) is 40.6 Å². The van der Waals surface area contributed by atoms with Crippen LogP contribution >= 0.6 is 15.9 Å². The molecule has 3 aromatic rings. The third-order valence-corrected chi connectivity index (χ3v) is 6.85. The van der Waals surface area contributed by atoms with E-state index in [2.05, 4.69) is 21.2 Å². The summed E-state index contributed by atoms with van der Waals surface area (Å²) in [6.45, 7) is -0.905. The normalized spacial score (nSPS) is 10.9. The summed E-state index contributed by atoms with van der Waals surface area (Å²) in [6.07, 6.45) is 0. The number of hydrogen-bond donors (Lipinski definition) is 1. The second-order valence-electron chi connectivity index (χ2n) is 6.92. The lowest BCUT2D eigenvalue weighted by molar-refractivity contribution is -0.149. The zero-order chi connectivity index (χ0) is 24.7. The molecule has 0 heterocycles. The maximum atomic E-state index is 13.1. The lowest BCUT2D eigenvalue weighted by Crippen LogP contribution is -2.26. The Morgan fingerprint density at radius 3 is 2.18 bits per heavy atom. The summed E-state index contributed by atoms with van der Waals surface area (Å²) < 4.78 is 50.6. The standard InChI is InChI=1S/C23H20BrFN2O6S/c1-27(34(30,31)21-12-4-17(25)5-13-21)19-8-10-20(11-9-19)32-15-23(29)33-14-22(28)26-18-6-2-16(24)3-7-18/h2-13H,14-15H2,1H3,(H,26,28). The van der Waals surface area contributed by atoms with E-state index in [1.807, 2.05) is 0 Å². The van der Waals surface area contributed by atoms with E-state index < -0.39 is 40.9 Å². The number of carbonyl (C=O) groups excluding carboxylic acids is 2. The molecule has 0 unspecified atom stereocenters. The van der Waals surface area contributed by atoms with Gasteiger partial charge in [0.2, 0.25) is 0 Å². The molecule has 0 aliphatic carbocycles. The molecule has 0 spiro atoms. The summed E-state index contributed by atoms with van der Waals surface area (Å²) in [7, 11) is -2.51. The van der Waals surface area contributed by atoms with Gasteiger partial charge in [0.15, 0.2) is 13.2 Å². The number of sulfonamides is 1. The van der Waals surface area contributed by atoms with Crippen molar-refractivity contribution in [2.45, 2.75) is 4.90 Å². The van der Waals surface area contributed by atoms with Gasteiger partial charge in [-0.05, 0) is 72.8 Å². The van der Waals surface area contributed by atoms with Crippen LogP contribution in [0.4, 0.5) is 15.8 Å². The Kier molecular flexibility index (Phi) is 8.24. The molecule has 3 aromatic carbocycles. The Labute approximate surface area is 204 Å². The van der Waals surface area contributed by atoms with Gasteiger partial charge in [0, 0.05) is 17.2 Å². The highest BCUT2D eigenvalue weighted by Crippen LogP contribution is 2.24. The number of anilines is 2. The molecule has 0 saturated heterocycles. The number of halogens is 2. The fourth-order valence-electron chi connectivity index (χ4n) is 2.72. The summed E-state index contributed by atoms with van der Waals surface area (Å²) in [5.41, 5.74) is 0.899. The molecule has 0 saturated carbocycles. The first-order valence-electron chi connectivity index (χ1n) is 9.83. The molecule has 3 rings (SSSR count). The fraction of sp³-hybridized carbons (Fsp3) is 0.130. The molecule has 0 aliphatic rings. The van der Waals surface area contributed by atoms with Gasteiger partial charge in [0.1, 0.15) is 11.6 Å². The van der Waals surface area contributed by atoms with Crippen LogP contribution in [0.1, 0.15) is 0 Å². The van der Waals surface area contributed by atoms with Gasteiger partial charge >= 0.3 is 5.97 Å². The van der Waals surface area contributed by atoms with Crippen molar-refractivity contribution in [3.8, 4) is 5.75 Å². The van der Waals surface area contributed by atoms with Crippen molar-refractivity contribution in [2.75, 3.05) is 29.9 Å². The molecule has 0 fully saturated rings. The van der Waals surface area contributed by atoms with Gasteiger partial charge in [0.05, 0.1) is 10.6 Å². The van der Waals surface area contributed by atoms with E-state index in [1.165, 1.54) is 43.4 Å². The largest absolute Gasteiger partial charge is 0.482 e. The zero-order valence-corrected chi connectivity index (χ0v) is 20.3. The van der Waals surface area contributed by atoms with Crippen LogP contribution in [0.15, 0.2) is 82.2 Å². The zero-order valence-electron chi connectivity index (χ0n) is 17.9. The number of esters is 1. The molecule has 178 valence electrons. The summed E-state index contributed by atoms with van der Waals surface area (Å²) in [5, 5.41) is 2.59. The van der Waals surface area contributed by atoms with Crippen LogP contribution in [0.2, 0.25) is 0 Å². The van der Waals surface area contributed by atoms with Crippen molar-refractivity contribution < 1.29 is 31.9 Å². The fourth-order valence-corrected chi connectivity index (χ4v) is 4.18. The average molecular weight is 551 g/mol.